The smallest absolute Gasteiger partial charge is 0.310 e. The van der Waals surface area contributed by atoms with E-state index in [0.717, 1.165) is 35.6 Å². The fraction of sp³-hybridized carbons (Fsp3) is 0.238. The standard InChI is InChI=1S/C21H21N9O/c1-13(2)29-11-23-28-20(29)16-6-4-8-18(24-16)26-21(31)25-15-5-3-7-17-14(15)9-10-19-27-22-12-30(17)19/h3-8,11-13H,9-10H2,1-2H3,(H2,24,25,26,31). The van der Waals surface area contributed by atoms with Crippen molar-refractivity contribution in [2.24, 2.45) is 0 Å². The number of hydrogen-bond donors (Lipinski definition) is 2. The molecule has 0 atom stereocenters. The summed E-state index contributed by atoms with van der Waals surface area (Å²) in [5, 5.41) is 22.0. The fourth-order valence-corrected chi connectivity index (χ4v) is 3.75. The summed E-state index contributed by atoms with van der Waals surface area (Å²) in [6, 6.07) is 11.0. The molecule has 0 unspecified atom stereocenters. The van der Waals surface area contributed by atoms with Crippen LogP contribution in [-0.2, 0) is 12.8 Å². The van der Waals surface area contributed by atoms with Gasteiger partial charge in [0.15, 0.2) is 5.82 Å². The van der Waals surface area contributed by atoms with Crippen molar-refractivity contribution < 1.29 is 4.79 Å². The van der Waals surface area contributed by atoms with Crippen molar-refractivity contribution in [3.05, 3.63) is 60.4 Å². The molecule has 5 rings (SSSR count). The lowest BCUT2D eigenvalue weighted by Crippen LogP contribution is -2.22. The topological polar surface area (TPSA) is 115 Å². The summed E-state index contributed by atoms with van der Waals surface area (Å²) in [6.45, 7) is 4.09. The number of aryl methyl sites for hydroxylation is 1. The van der Waals surface area contributed by atoms with E-state index < -0.39 is 0 Å². The van der Waals surface area contributed by atoms with Gasteiger partial charge in [0.25, 0.3) is 0 Å². The van der Waals surface area contributed by atoms with Crippen LogP contribution in [0.25, 0.3) is 17.2 Å². The summed E-state index contributed by atoms with van der Waals surface area (Å²) in [6.07, 6.45) is 4.92. The van der Waals surface area contributed by atoms with Crippen LogP contribution in [0.15, 0.2) is 49.1 Å². The van der Waals surface area contributed by atoms with Crippen LogP contribution in [0.1, 0.15) is 31.3 Å². The van der Waals surface area contributed by atoms with Gasteiger partial charge in [-0.15, -0.1) is 20.4 Å². The third kappa shape index (κ3) is 3.52. The molecule has 0 saturated heterocycles. The molecular formula is C21H21N9O. The summed E-state index contributed by atoms with van der Waals surface area (Å²) in [5.74, 6) is 2.00. The summed E-state index contributed by atoms with van der Waals surface area (Å²) in [5.41, 5.74) is 3.43. The number of aromatic nitrogens is 7. The van der Waals surface area contributed by atoms with Gasteiger partial charge in [0.05, 0.1) is 5.69 Å². The number of fused-ring (bicyclic) bond motifs is 3. The summed E-state index contributed by atoms with van der Waals surface area (Å²) in [4.78, 5) is 17.2. The zero-order valence-corrected chi connectivity index (χ0v) is 17.1. The first-order valence-corrected chi connectivity index (χ1v) is 10.1. The van der Waals surface area contributed by atoms with E-state index in [4.69, 9.17) is 0 Å². The Bertz CT molecular complexity index is 1260. The molecule has 3 aromatic heterocycles. The normalized spacial score (nSPS) is 12.4. The van der Waals surface area contributed by atoms with Crippen LogP contribution in [-0.4, -0.2) is 40.5 Å². The molecule has 10 heteroatoms. The number of carbonyl (C=O) groups is 1. The highest BCUT2D eigenvalue weighted by atomic mass is 16.2. The van der Waals surface area contributed by atoms with Crippen LogP contribution in [0.4, 0.5) is 16.3 Å². The van der Waals surface area contributed by atoms with Crippen LogP contribution in [0.3, 0.4) is 0 Å². The Hall–Kier alpha value is -4.08. The molecule has 2 amide bonds. The first-order valence-electron chi connectivity index (χ1n) is 10.1. The molecular weight excluding hydrogens is 394 g/mol. The maximum Gasteiger partial charge on any atom is 0.324 e. The second-order valence-corrected chi connectivity index (χ2v) is 7.56. The van der Waals surface area contributed by atoms with E-state index in [1.54, 1.807) is 18.7 Å². The average molecular weight is 415 g/mol. The van der Waals surface area contributed by atoms with E-state index >= 15 is 0 Å². The van der Waals surface area contributed by atoms with Gasteiger partial charge in [-0.05, 0) is 44.5 Å². The lowest BCUT2D eigenvalue weighted by Gasteiger charge is -2.21. The lowest BCUT2D eigenvalue weighted by molar-refractivity contribution is 0.262. The van der Waals surface area contributed by atoms with Gasteiger partial charge in [0, 0.05) is 23.7 Å². The highest BCUT2D eigenvalue weighted by molar-refractivity contribution is 6.00. The van der Waals surface area contributed by atoms with E-state index in [2.05, 4.69) is 36.0 Å². The van der Waals surface area contributed by atoms with E-state index in [9.17, 15) is 4.79 Å². The Morgan fingerprint density at radius 2 is 1.84 bits per heavy atom. The number of urea groups is 1. The molecule has 0 bridgehead atoms. The molecule has 10 nitrogen and oxygen atoms in total. The predicted octanol–water partition coefficient (Wildman–Crippen LogP) is 3.24. The Morgan fingerprint density at radius 1 is 1.00 bits per heavy atom. The van der Waals surface area contributed by atoms with Gasteiger partial charge in [-0.3, -0.25) is 9.88 Å². The number of rotatable bonds is 4. The summed E-state index contributed by atoms with van der Waals surface area (Å²) >= 11 is 0. The van der Waals surface area contributed by atoms with Crippen molar-refractivity contribution in [1.82, 2.24) is 34.5 Å². The zero-order valence-electron chi connectivity index (χ0n) is 17.1. The van der Waals surface area contributed by atoms with E-state index in [-0.39, 0.29) is 12.1 Å². The Balaban J connectivity index is 1.36. The highest BCUT2D eigenvalue weighted by Crippen LogP contribution is 2.29. The lowest BCUT2D eigenvalue weighted by atomic mass is 10.0. The second-order valence-electron chi connectivity index (χ2n) is 7.56. The molecule has 4 aromatic rings. The maximum atomic E-state index is 12.7. The van der Waals surface area contributed by atoms with Crippen LogP contribution < -0.4 is 10.6 Å². The van der Waals surface area contributed by atoms with Crippen molar-refractivity contribution >= 4 is 17.5 Å². The third-order valence-corrected chi connectivity index (χ3v) is 5.23. The Kier molecular flexibility index (Phi) is 4.66. The Labute approximate surface area is 178 Å². The minimum absolute atomic E-state index is 0.196. The fourth-order valence-electron chi connectivity index (χ4n) is 3.75. The van der Waals surface area contributed by atoms with Crippen LogP contribution in [0, 0.1) is 0 Å². The number of anilines is 2. The van der Waals surface area contributed by atoms with Gasteiger partial charge in [-0.1, -0.05) is 12.1 Å². The van der Waals surface area contributed by atoms with Gasteiger partial charge in [-0.2, -0.15) is 0 Å². The molecule has 4 heterocycles. The van der Waals surface area contributed by atoms with Crippen LogP contribution >= 0.6 is 0 Å². The molecule has 0 spiro atoms. The van der Waals surface area contributed by atoms with Crippen molar-refractivity contribution in [3.8, 4) is 17.2 Å². The molecule has 0 radical (unpaired) electrons. The predicted molar refractivity (Wildman–Crippen MR) is 115 cm³/mol. The zero-order chi connectivity index (χ0) is 21.4. The number of nitrogens with zero attached hydrogens (tertiary/aromatic N) is 7. The molecule has 156 valence electrons. The number of amides is 2. The van der Waals surface area contributed by atoms with Crippen molar-refractivity contribution in [2.75, 3.05) is 10.6 Å². The van der Waals surface area contributed by atoms with Gasteiger partial charge < -0.3 is 9.88 Å². The number of hydrogen-bond acceptors (Lipinski definition) is 6. The minimum atomic E-state index is -0.363. The van der Waals surface area contributed by atoms with Gasteiger partial charge in [0.1, 0.15) is 30.0 Å². The maximum absolute atomic E-state index is 12.7. The molecule has 1 aliphatic rings. The average Bonchev–Trinajstić information content (AvgIpc) is 3.44. The minimum Gasteiger partial charge on any atom is -0.310 e. The molecule has 0 saturated carbocycles. The van der Waals surface area contributed by atoms with Gasteiger partial charge >= 0.3 is 6.03 Å². The molecule has 31 heavy (non-hydrogen) atoms. The monoisotopic (exact) mass is 415 g/mol. The van der Waals surface area contributed by atoms with Gasteiger partial charge in [0.2, 0.25) is 0 Å². The van der Waals surface area contributed by atoms with Crippen molar-refractivity contribution in [3.63, 3.8) is 0 Å². The first-order chi connectivity index (χ1) is 15.1. The number of benzene rings is 1. The number of nitrogens with one attached hydrogen (secondary N) is 2. The molecule has 0 fully saturated rings. The summed E-state index contributed by atoms with van der Waals surface area (Å²) < 4.78 is 3.89. The number of carbonyl (C=O) groups excluding carboxylic acids is 1. The molecule has 0 aliphatic carbocycles. The van der Waals surface area contributed by atoms with Gasteiger partial charge in [-0.25, -0.2) is 9.78 Å². The van der Waals surface area contributed by atoms with Crippen LogP contribution in [0.2, 0.25) is 0 Å². The van der Waals surface area contributed by atoms with E-state index in [1.165, 1.54) is 0 Å². The van der Waals surface area contributed by atoms with E-state index in [0.29, 0.717) is 17.3 Å². The van der Waals surface area contributed by atoms with Crippen molar-refractivity contribution in [2.45, 2.75) is 32.7 Å². The molecule has 1 aliphatic heterocycles. The summed E-state index contributed by atoms with van der Waals surface area (Å²) in [7, 11) is 0. The molecule has 1 aromatic carbocycles. The SMILES string of the molecule is CC(C)n1cnnc1-c1cccc(NC(=O)Nc2cccc3c2CCc2nncn2-3)n1. The number of pyridine rings is 1. The third-order valence-electron chi connectivity index (χ3n) is 5.23. The quantitative estimate of drug-likeness (QED) is 0.529. The first kappa shape index (κ1) is 18.9. The largest absolute Gasteiger partial charge is 0.324 e. The Morgan fingerprint density at radius 3 is 2.71 bits per heavy atom. The van der Waals surface area contributed by atoms with E-state index in [1.807, 2.05) is 53.3 Å². The van der Waals surface area contributed by atoms with Crippen LogP contribution in [0.5, 0.6) is 0 Å². The molecule has 2 N–H and O–H groups in total. The highest BCUT2D eigenvalue weighted by Gasteiger charge is 2.20. The second kappa shape index (κ2) is 7.63. The van der Waals surface area contributed by atoms with Crippen molar-refractivity contribution in [1.29, 1.82) is 0 Å².